The van der Waals surface area contributed by atoms with Crippen molar-refractivity contribution in [3.05, 3.63) is 66.4 Å². The lowest BCUT2D eigenvalue weighted by Gasteiger charge is -2.32. The molecule has 13 nitrogen and oxygen atoms in total. The highest BCUT2D eigenvalue weighted by Crippen LogP contribution is 2.55. The van der Waals surface area contributed by atoms with E-state index in [0.29, 0.717) is 40.9 Å². The number of halogens is 1. The molecule has 0 spiro atoms. The van der Waals surface area contributed by atoms with Crippen LogP contribution in [-0.4, -0.2) is 74.5 Å². The number of phosphoric ester groups is 1. The summed E-state index contributed by atoms with van der Waals surface area (Å²) in [7, 11) is -3.77. The van der Waals surface area contributed by atoms with Crippen LogP contribution in [0.4, 0.5) is 21.7 Å². The topological polar surface area (TPSA) is 153 Å². The number of aromatic amines is 1. The van der Waals surface area contributed by atoms with E-state index in [1.165, 1.54) is 24.5 Å². The number of rotatable bonds is 15. The van der Waals surface area contributed by atoms with Crippen molar-refractivity contribution in [2.24, 2.45) is 0 Å². The predicted octanol–water partition coefficient (Wildman–Crippen LogP) is 7.41. The molecule has 4 aromatic rings. The summed E-state index contributed by atoms with van der Waals surface area (Å²) >= 11 is 0. The van der Waals surface area contributed by atoms with Crippen LogP contribution in [0.1, 0.15) is 66.5 Å². The first kappa shape index (κ1) is 37.3. The van der Waals surface area contributed by atoms with E-state index in [1.54, 1.807) is 12.1 Å². The molecule has 0 radical (unpaired) electrons. The second kappa shape index (κ2) is 15.9. The van der Waals surface area contributed by atoms with E-state index in [1.807, 2.05) is 59.7 Å². The summed E-state index contributed by atoms with van der Waals surface area (Å²) in [6, 6.07) is 13.2. The van der Waals surface area contributed by atoms with Gasteiger partial charge in [-0.3, -0.25) is 28.4 Å². The lowest BCUT2D eigenvalue weighted by molar-refractivity contribution is -0.115. The van der Waals surface area contributed by atoms with Crippen LogP contribution >= 0.6 is 7.82 Å². The summed E-state index contributed by atoms with van der Waals surface area (Å²) in [5, 5.41) is 13.7. The minimum absolute atomic E-state index is 0.0313. The Morgan fingerprint density at radius 3 is 2.58 bits per heavy atom. The monoisotopic (exact) mass is 711 g/mol. The van der Waals surface area contributed by atoms with E-state index < -0.39 is 24.8 Å². The highest BCUT2D eigenvalue weighted by molar-refractivity contribution is 7.48. The molecule has 50 heavy (non-hydrogen) atoms. The Bertz CT molecular complexity index is 1790. The Labute approximate surface area is 292 Å². The normalized spacial score (nSPS) is 15.8. The summed E-state index contributed by atoms with van der Waals surface area (Å²) in [5.41, 5.74) is 0.291. The van der Waals surface area contributed by atoms with Gasteiger partial charge in [-0.1, -0.05) is 6.07 Å². The number of carbonyl (C=O) groups is 1. The van der Waals surface area contributed by atoms with Crippen molar-refractivity contribution >= 4 is 42.0 Å². The van der Waals surface area contributed by atoms with Gasteiger partial charge in [0.15, 0.2) is 5.82 Å². The molecule has 2 aromatic carbocycles. The Balaban J connectivity index is 1.10. The van der Waals surface area contributed by atoms with Crippen LogP contribution in [0.25, 0.3) is 10.9 Å². The highest BCUT2D eigenvalue weighted by Gasteiger charge is 2.38. The van der Waals surface area contributed by atoms with Crippen molar-refractivity contribution in [1.29, 1.82) is 0 Å². The molecule has 1 aliphatic rings. The number of anilines is 3. The Morgan fingerprint density at radius 2 is 1.84 bits per heavy atom. The second-order valence-electron chi connectivity index (χ2n) is 14.2. The van der Waals surface area contributed by atoms with Crippen LogP contribution in [0.5, 0.6) is 5.75 Å². The van der Waals surface area contributed by atoms with Crippen molar-refractivity contribution in [1.82, 2.24) is 25.1 Å². The molecule has 0 aliphatic carbocycles. The summed E-state index contributed by atoms with van der Waals surface area (Å²) in [5.74, 6) is 0.993. The fourth-order valence-electron chi connectivity index (χ4n) is 5.56. The number of hydrogen-bond acceptors (Lipinski definition) is 11. The quantitative estimate of drug-likeness (QED) is 0.0835. The standard InChI is InChI=1S/C35H47FN7O6P/c1-34(2,3)48-50(45,49-35(4,5)6)47-22-27-12-8-15-43(27)16-9-17-46-28-13-14-29-30(21-28)37-23-38-33(29)40-31-19-26(41-42-31)20-32(44)39-25-11-7-10-24(36)18-25/h7,10-11,13-14,18-19,21,23,27H,8-9,12,15-17,20,22H2,1-6H3,(H,39,44)(H2,37,38,40,41,42)/t27-/m0/s1. The number of phosphoric acid groups is 1. The Hall–Kier alpha value is -3.94. The molecule has 270 valence electrons. The summed E-state index contributed by atoms with van der Waals surface area (Å²) in [4.78, 5) is 23.5. The largest absolute Gasteiger partial charge is 0.493 e. The maximum absolute atomic E-state index is 13.5. The van der Waals surface area contributed by atoms with Gasteiger partial charge in [0.05, 0.1) is 36.4 Å². The molecular weight excluding hydrogens is 664 g/mol. The number of likely N-dealkylation sites (tertiary alicyclic amines) is 1. The molecule has 3 heterocycles. The van der Waals surface area contributed by atoms with Crippen LogP contribution < -0.4 is 15.4 Å². The van der Waals surface area contributed by atoms with Gasteiger partial charge in [-0.15, -0.1) is 0 Å². The number of benzene rings is 2. The summed E-state index contributed by atoms with van der Waals surface area (Å²) in [6.45, 7) is 13.5. The number of fused-ring (bicyclic) bond motifs is 1. The molecule has 1 atom stereocenters. The van der Waals surface area contributed by atoms with Gasteiger partial charge in [0.1, 0.15) is 23.7 Å². The van der Waals surface area contributed by atoms with Crippen molar-refractivity contribution < 1.29 is 32.1 Å². The molecule has 2 aromatic heterocycles. The van der Waals surface area contributed by atoms with E-state index in [9.17, 15) is 13.8 Å². The lowest BCUT2D eigenvalue weighted by Crippen LogP contribution is -2.35. The van der Waals surface area contributed by atoms with Gasteiger partial charge in [-0.05, 0) is 97.7 Å². The third-order valence-corrected chi connectivity index (χ3v) is 9.51. The van der Waals surface area contributed by atoms with E-state index in [-0.39, 0.29) is 25.0 Å². The first-order chi connectivity index (χ1) is 23.6. The van der Waals surface area contributed by atoms with Gasteiger partial charge in [0.25, 0.3) is 0 Å². The van der Waals surface area contributed by atoms with Crippen LogP contribution in [0.15, 0.2) is 54.9 Å². The van der Waals surface area contributed by atoms with Crippen LogP contribution in [-0.2, 0) is 29.4 Å². The van der Waals surface area contributed by atoms with Gasteiger partial charge in [-0.25, -0.2) is 18.9 Å². The molecule has 1 fully saturated rings. The van der Waals surface area contributed by atoms with E-state index in [0.717, 1.165) is 37.7 Å². The molecule has 15 heteroatoms. The maximum atomic E-state index is 13.5. The van der Waals surface area contributed by atoms with Gasteiger partial charge in [0, 0.05) is 41.5 Å². The Morgan fingerprint density at radius 1 is 1.06 bits per heavy atom. The third-order valence-electron chi connectivity index (χ3n) is 7.50. The fourth-order valence-corrected chi connectivity index (χ4v) is 7.40. The van der Waals surface area contributed by atoms with Crippen LogP contribution in [0.3, 0.4) is 0 Å². The minimum atomic E-state index is -3.77. The number of amides is 1. The van der Waals surface area contributed by atoms with Crippen molar-refractivity contribution in [2.45, 2.75) is 84.5 Å². The molecule has 1 saturated heterocycles. The second-order valence-corrected chi connectivity index (χ2v) is 15.7. The first-order valence-corrected chi connectivity index (χ1v) is 18.2. The third kappa shape index (κ3) is 11.3. The van der Waals surface area contributed by atoms with Crippen LogP contribution in [0.2, 0.25) is 0 Å². The molecular formula is C35H47FN7O6P. The summed E-state index contributed by atoms with van der Waals surface area (Å²) in [6.07, 6.45) is 4.26. The zero-order chi connectivity index (χ0) is 35.9. The highest BCUT2D eigenvalue weighted by atomic mass is 31.2. The van der Waals surface area contributed by atoms with Crippen molar-refractivity contribution in [3.63, 3.8) is 0 Å². The number of hydrogen-bond donors (Lipinski definition) is 3. The van der Waals surface area contributed by atoms with Gasteiger partial charge in [-0.2, -0.15) is 5.10 Å². The Kier molecular flexibility index (Phi) is 11.9. The first-order valence-electron chi connectivity index (χ1n) is 16.8. The molecule has 0 unspecified atom stereocenters. The number of nitrogens with zero attached hydrogens (tertiary/aromatic N) is 4. The molecule has 0 saturated carbocycles. The van der Waals surface area contributed by atoms with E-state index in [4.69, 9.17) is 18.3 Å². The number of carbonyl (C=O) groups excluding carboxylic acids is 1. The number of ether oxygens (including phenoxy) is 1. The molecule has 1 aliphatic heterocycles. The van der Waals surface area contributed by atoms with Crippen LogP contribution in [0, 0.1) is 5.82 Å². The fraction of sp³-hybridized carbons (Fsp3) is 0.486. The van der Waals surface area contributed by atoms with E-state index >= 15 is 0 Å². The number of aromatic nitrogens is 4. The smallest absolute Gasteiger partial charge is 0.475 e. The zero-order valence-electron chi connectivity index (χ0n) is 29.5. The number of nitrogens with one attached hydrogen (secondary N) is 3. The van der Waals surface area contributed by atoms with Crippen molar-refractivity contribution in [3.8, 4) is 5.75 Å². The van der Waals surface area contributed by atoms with E-state index in [2.05, 4.69) is 35.7 Å². The predicted molar refractivity (Wildman–Crippen MR) is 190 cm³/mol. The average molecular weight is 712 g/mol. The molecule has 0 bridgehead atoms. The zero-order valence-corrected chi connectivity index (χ0v) is 30.4. The maximum Gasteiger partial charge on any atom is 0.475 e. The number of H-pyrrole nitrogens is 1. The lowest BCUT2D eigenvalue weighted by atomic mass is 10.2. The SMILES string of the molecule is CC(C)(C)OP(=O)(OC[C@@H]1CCCN1CCCOc1ccc2c(Nc3cc(CC(=O)Nc4cccc(F)c4)[nH]n3)ncnc2c1)OC(C)(C)C. The minimum Gasteiger partial charge on any atom is -0.493 e. The van der Waals surface area contributed by atoms with Gasteiger partial charge in [0.2, 0.25) is 5.91 Å². The van der Waals surface area contributed by atoms with Crippen molar-refractivity contribution in [2.75, 3.05) is 36.9 Å². The molecule has 3 N–H and O–H groups in total. The molecule has 1 amide bonds. The average Bonchev–Trinajstić information content (AvgIpc) is 3.65. The van der Waals surface area contributed by atoms with Gasteiger partial charge < -0.3 is 15.4 Å². The van der Waals surface area contributed by atoms with Gasteiger partial charge >= 0.3 is 7.82 Å². The summed E-state index contributed by atoms with van der Waals surface area (Å²) < 4.78 is 50.4. The molecule has 5 rings (SSSR count).